The van der Waals surface area contributed by atoms with Gasteiger partial charge in [0.15, 0.2) is 5.13 Å². The monoisotopic (exact) mass is 471 g/mol. The minimum absolute atomic E-state index is 0.0128. The Morgan fingerprint density at radius 1 is 0.970 bits per heavy atom. The van der Waals surface area contributed by atoms with Gasteiger partial charge < -0.3 is 14.5 Å². The highest BCUT2D eigenvalue weighted by atomic mass is 32.1. The fourth-order valence-corrected chi connectivity index (χ4v) is 4.74. The summed E-state index contributed by atoms with van der Waals surface area (Å²) in [5, 5.41) is 5.04. The zero-order chi connectivity index (χ0) is 23.2. The molecule has 176 valence electrons. The van der Waals surface area contributed by atoms with Crippen molar-refractivity contribution < 1.29 is 19.1 Å². The lowest BCUT2D eigenvalue weighted by molar-refractivity contribution is -0.134. The summed E-state index contributed by atoms with van der Waals surface area (Å²) < 4.78 is 5.10. The highest BCUT2D eigenvalue weighted by molar-refractivity contribution is 7.14. The summed E-state index contributed by atoms with van der Waals surface area (Å²) in [5.74, 6) is 0.628. The molecule has 10 heteroatoms. The summed E-state index contributed by atoms with van der Waals surface area (Å²) in [6.45, 7) is 4.79. The average molecular weight is 472 g/mol. The van der Waals surface area contributed by atoms with Gasteiger partial charge in [-0.25, -0.2) is 4.98 Å². The molecule has 3 amide bonds. The number of carbonyl (C=O) groups is 3. The molecule has 3 heterocycles. The van der Waals surface area contributed by atoms with E-state index in [0.717, 1.165) is 25.9 Å². The highest BCUT2D eigenvalue weighted by Crippen LogP contribution is 2.19. The molecule has 4 rings (SSSR count). The van der Waals surface area contributed by atoms with E-state index < -0.39 is 0 Å². The molecular weight excluding hydrogens is 442 g/mol. The van der Waals surface area contributed by atoms with E-state index in [-0.39, 0.29) is 24.1 Å². The van der Waals surface area contributed by atoms with Crippen LogP contribution in [0.15, 0.2) is 29.6 Å². The molecule has 9 nitrogen and oxygen atoms in total. The lowest BCUT2D eigenvalue weighted by atomic mass is 10.2. The third kappa shape index (κ3) is 6.08. The molecule has 2 aromatic rings. The zero-order valence-corrected chi connectivity index (χ0v) is 19.6. The number of anilines is 1. The smallest absolute Gasteiger partial charge is 0.257 e. The van der Waals surface area contributed by atoms with Gasteiger partial charge in [0.1, 0.15) is 5.75 Å². The van der Waals surface area contributed by atoms with E-state index >= 15 is 0 Å². The quantitative estimate of drug-likeness (QED) is 0.661. The second-order valence-electron chi connectivity index (χ2n) is 8.25. The Morgan fingerprint density at radius 3 is 2.30 bits per heavy atom. The number of hydrogen-bond donors (Lipinski definition) is 1. The Bertz CT molecular complexity index is 979. The minimum atomic E-state index is -0.260. The van der Waals surface area contributed by atoms with Gasteiger partial charge in [0, 0.05) is 50.2 Å². The Morgan fingerprint density at radius 2 is 1.64 bits per heavy atom. The van der Waals surface area contributed by atoms with Gasteiger partial charge in [0.05, 0.1) is 25.8 Å². The molecule has 0 unspecified atom stereocenters. The zero-order valence-electron chi connectivity index (χ0n) is 18.8. The van der Waals surface area contributed by atoms with E-state index in [2.05, 4.69) is 15.2 Å². The van der Waals surface area contributed by atoms with E-state index in [0.29, 0.717) is 54.9 Å². The summed E-state index contributed by atoms with van der Waals surface area (Å²) in [7, 11) is 1.57. The predicted octanol–water partition coefficient (Wildman–Crippen LogP) is 1.71. The van der Waals surface area contributed by atoms with Gasteiger partial charge in [-0.2, -0.15) is 0 Å². The van der Waals surface area contributed by atoms with Crippen LogP contribution >= 0.6 is 11.3 Å². The summed E-state index contributed by atoms with van der Waals surface area (Å²) in [6, 6.07) is 6.82. The number of thiazole rings is 1. The van der Waals surface area contributed by atoms with Gasteiger partial charge >= 0.3 is 0 Å². The number of benzene rings is 1. The van der Waals surface area contributed by atoms with Crippen molar-refractivity contribution in [1.82, 2.24) is 19.7 Å². The Labute approximate surface area is 197 Å². The number of amides is 3. The fourth-order valence-electron chi connectivity index (χ4n) is 4.04. The van der Waals surface area contributed by atoms with E-state index in [1.807, 2.05) is 9.80 Å². The van der Waals surface area contributed by atoms with Crippen LogP contribution in [0.2, 0.25) is 0 Å². The van der Waals surface area contributed by atoms with Crippen molar-refractivity contribution in [2.75, 3.05) is 58.2 Å². The Kier molecular flexibility index (Phi) is 7.56. The molecular formula is C23H29N5O4S. The van der Waals surface area contributed by atoms with Crippen LogP contribution in [0, 0.1) is 0 Å². The van der Waals surface area contributed by atoms with Crippen LogP contribution in [0.1, 0.15) is 28.9 Å². The number of likely N-dealkylation sites (tertiary alicyclic amines) is 1. The van der Waals surface area contributed by atoms with Crippen molar-refractivity contribution in [1.29, 1.82) is 0 Å². The molecule has 0 saturated carbocycles. The molecule has 2 aliphatic heterocycles. The minimum Gasteiger partial charge on any atom is -0.497 e. The molecule has 0 aliphatic carbocycles. The van der Waals surface area contributed by atoms with Gasteiger partial charge in [-0.1, -0.05) is 0 Å². The predicted molar refractivity (Wildman–Crippen MR) is 126 cm³/mol. The third-order valence-corrected chi connectivity index (χ3v) is 6.81. The van der Waals surface area contributed by atoms with Crippen LogP contribution in [0.4, 0.5) is 5.13 Å². The molecule has 33 heavy (non-hydrogen) atoms. The lowest BCUT2D eigenvalue weighted by Gasteiger charge is -2.35. The van der Waals surface area contributed by atoms with Crippen LogP contribution in [0.3, 0.4) is 0 Å². The first-order valence-corrected chi connectivity index (χ1v) is 12.1. The average Bonchev–Trinajstić information content (AvgIpc) is 3.52. The molecule has 2 saturated heterocycles. The topological polar surface area (TPSA) is 95.1 Å². The van der Waals surface area contributed by atoms with Crippen molar-refractivity contribution in [2.45, 2.75) is 19.3 Å². The number of ether oxygens (including phenoxy) is 1. The Balaban J connectivity index is 1.22. The standard InChI is InChI=1S/C23H29N5O4S/c1-32-19-6-4-17(5-7-19)22(31)25-23-24-18(16-33-23)14-20(29)28-12-10-26(11-13-28)15-21(30)27-8-2-3-9-27/h4-7,16H,2-3,8-15H2,1H3,(H,24,25,31). The molecule has 1 aromatic heterocycles. The van der Waals surface area contributed by atoms with E-state index in [1.165, 1.54) is 11.3 Å². The number of nitrogens with one attached hydrogen (secondary N) is 1. The second-order valence-corrected chi connectivity index (χ2v) is 9.11. The first-order chi connectivity index (χ1) is 16.0. The van der Waals surface area contributed by atoms with Crippen molar-refractivity contribution in [3.05, 3.63) is 40.9 Å². The maximum absolute atomic E-state index is 12.7. The molecule has 2 fully saturated rings. The first kappa shape index (κ1) is 23.2. The van der Waals surface area contributed by atoms with E-state index in [1.54, 1.807) is 36.8 Å². The Hall–Kier alpha value is -2.98. The molecule has 0 atom stereocenters. The first-order valence-electron chi connectivity index (χ1n) is 11.2. The second kappa shape index (κ2) is 10.8. The number of nitrogens with zero attached hydrogens (tertiary/aromatic N) is 4. The van der Waals surface area contributed by atoms with Crippen LogP contribution in [-0.4, -0.2) is 90.3 Å². The van der Waals surface area contributed by atoms with Gasteiger partial charge in [0.25, 0.3) is 5.91 Å². The van der Waals surface area contributed by atoms with Crippen LogP contribution in [0.5, 0.6) is 5.75 Å². The van der Waals surface area contributed by atoms with Crippen LogP contribution < -0.4 is 10.1 Å². The fraction of sp³-hybridized carbons (Fsp3) is 0.478. The van der Waals surface area contributed by atoms with Crippen molar-refractivity contribution >= 4 is 34.2 Å². The molecule has 2 aliphatic rings. The normalized spacial score (nSPS) is 16.6. The number of piperazine rings is 1. The summed E-state index contributed by atoms with van der Waals surface area (Å²) >= 11 is 1.30. The van der Waals surface area contributed by atoms with Crippen LogP contribution in [0.25, 0.3) is 0 Å². The van der Waals surface area contributed by atoms with E-state index in [4.69, 9.17) is 4.74 Å². The summed E-state index contributed by atoms with van der Waals surface area (Å²) in [6.07, 6.45) is 2.39. The maximum Gasteiger partial charge on any atom is 0.257 e. The van der Waals surface area contributed by atoms with Crippen molar-refractivity contribution in [3.8, 4) is 5.75 Å². The molecule has 0 spiro atoms. The number of methoxy groups -OCH3 is 1. The molecule has 1 N–H and O–H groups in total. The highest BCUT2D eigenvalue weighted by Gasteiger charge is 2.25. The SMILES string of the molecule is COc1ccc(C(=O)Nc2nc(CC(=O)N3CCN(CC(=O)N4CCCC4)CC3)cs2)cc1. The van der Waals surface area contributed by atoms with Crippen molar-refractivity contribution in [3.63, 3.8) is 0 Å². The van der Waals surface area contributed by atoms with Gasteiger partial charge in [0.2, 0.25) is 11.8 Å². The molecule has 1 aromatic carbocycles. The summed E-state index contributed by atoms with van der Waals surface area (Å²) in [4.78, 5) is 47.7. The number of aromatic nitrogens is 1. The maximum atomic E-state index is 12.7. The summed E-state index contributed by atoms with van der Waals surface area (Å²) in [5.41, 5.74) is 1.14. The number of hydrogen-bond acceptors (Lipinski definition) is 7. The van der Waals surface area contributed by atoms with Gasteiger partial charge in [-0.15, -0.1) is 11.3 Å². The van der Waals surface area contributed by atoms with Crippen molar-refractivity contribution in [2.24, 2.45) is 0 Å². The van der Waals surface area contributed by atoms with Gasteiger partial charge in [-0.3, -0.25) is 24.6 Å². The van der Waals surface area contributed by atoms with Gasteiger partial charge in [-0.05, 0) is 37.1 Å². The lowest BCUT2D eigenvalue weighted by Crippen LogP contribution is -2.51. The largest absolute Gasteiger partial charge is 0.497 e. The third-order valence-electron chi connectivity index (χ3n) is 6.00. The van der Waals surface area contributed by atoms with E-state index in [9.17, 15) is 14.4 Å². The number of rotatable bonds is 7. The number of carbonyl (C=O) groups excluding carboxylic acids is 3. The molecule has 0 bridgehead atoms. The van der Waals surface area contributed by atoms with Crippen LogP contribution in [-0.2, 0) is 16.0 Å². The molecule has 0 radical (unpaired) electrons.